The van der Waals surface area contributed by atoms with Crippen molar-refractivity contribution in [3.63, 3.8) is 0 Å². The predicted octanol–water partition coefficient (Wildman–Crippen LogP) is 1.94. The standard InChI is InChI=1S/C15H17N3O3/c1-3-21-14(19)13-12(16-18-17-13)10-4-6-11(7-5-10)15(2)8-20-9-15/h4-7H,3,8-9H2,1-2H3,(H,16,17,18). The third-order valence-electron chi connectivity index (χ3n) is 3.71. The van der Waals surface area contributed by atoms with E-state index in [0.29, 0.717) is 12.3 Å². The summed E-state index contributed by atoms with van der Waals surface area (Å²) in [7, 11) is 0. The van der Waals surface area contributed by atoms with E-state index in [-0.39, 0.29) is 11.1 Å². The van der Waals surface area contributed by atoms with Gasteiger partial charge in [0.25, 0.3) is 0 Å². The first kappa shape index (κ1) is 13.8. The summed E-state index contributed by atoms with van der Waals surface area (Å²) in [4.78, 5) is 11.8. The van der Waals surface area contributed by atoms with Crippen LogP contribution in [-0.2, 0) is 14.9 Å². The van der Waals surface area contributed by atoms with Crippen LogP contribution in [0.4, 0.5) is 0 Å². The molecule has 3 rings (SSSR count). The van der Waals surface area contributed by atoms with Crippen molar-refractivity contribution in [1.29, 1.82) is 0 Å². The lowest BCUT2D eigenvalue weighted by molar-refractivity contribution is -0.0500. The number of nitrogens with one attached hydrogen (secondary N) is 1. The van der Waals surface area contributed by atoms with E-state index in [9.17, 15) is 4.79 Å². The summed E-state index contributed by atoms with van der Waals surface area (Å²) in [6.07, 6.45) is 0. The highest BCUT2D eigenvalue weighted by Crippen LogP contribution is 2.33. The molecule has 1 N–H and O–H groups in total. The number of H-pyrrole nitrogens is 1. The van der Waals surface area contributed by atoms with Gasteiger partial charge in [0.05, 0.1) is 19.8 Å². The van der Waals surface area contributed by atoms with Crippen LogP contribution in [0.25, 0.3) is 11.3 Å². The van der Waals surface area contributed by atoms with Gasteiger partial charge in [0, 0.05) is 11.0 Å². The minimum Gasteiger partial charge on any atom is -0.461 e. The average Bonchev–Trinajstić information content (AvgIpc) is 2.95. The van der Waals surface area contributed by atoms with Gasteiger partial charge in [-0.05, 0) is 12.5 Å². The predicted molar refractivity (Wildman–Crippen MR) is 75.9 cm³/mol. The van der Waals surface area contributed by atoms with Crippen LogP contribution in [0.2, 0.25) is 0 Å². The topological polar surface area (TPSA) is 77.1 Å². The molecule has 0 radical (unpaired) electrons. The Labute approximate surface area is 122 Å². The average molecular weight is 287 g/mol. The Morgan fingerprint density at radius 3 is 2.62 bits per heavy atom. The third-order valence-corrected chi connectivity index (χ3v) is 3.71. The summed E-state index contributed by atoms with van der Waals surface area (Å²) < 4.78 is 10.3. The minimum atomic E-state index is -0.468. The monoisotopic (exact) mass is 287 g/mol. The first-order valence-corrected chi connectivity index (χ1v) is 6.90. The molecule has 0 spiro atoms. The van der Waals surface area contributed by atoms with Crippen LogP contribution < -0.4 is 0 Å². The maximum atomic E-state index is 11.8. The smallest absolute Gasteiger partial charge is 0.361 e. The molecule has 2 heterocycles. The fraction of sp³-hybridized carbons (Fsp3) is 0.400. The van der Waals surface area contributed by atoms with E-state index in [1.165, 1.54) is 5.56 Å². The summed E-state index contributed by atoms with van der Waals surface area (Å²) in [5.41, 5.74) is 2.86. The van der Waals surface area contributed by atoms with Gasteiger partial charge in [-0.2, -0.15) is 10.3 Å². The second-order valence-corrected chi connectivity index (χ2v) is 5.37. The number of carbonyl (C=O) groups excluding carboxylic acids is 1. The Hall–Kier alpha value is -2.21. The Morgan fingerprint density at radius 1 is 1.33 bits per heavy atom. The number of aromatic nitrogens is 3. The number of nitrogens with zero attached hydrogens (tertiary/aromatic N) is 2. The molecule has 1 fully saturated rings. The number of ether oxygens (including phenoxy) is 2. The Bertz CT molecular complexity index is 644. The maximum absolute atomic E-state index is 11.8. The van der Waals surface area contributed by atoms with Gasteiger partial charge in [0.15, 0.2) is 5.69 Å². The molecular formula is C15H17N3O3. The number of carbonyl (C=O) groups is 1. The fourth-order valence-electron chi connectivity index (χ4n) is 2.38. The third kappa shape index (κ3) is 2.42. The lowest BCUT2D eigenvalue weighted by Gasteiger charge is -2.38. The summed E-state index contributed by atoms with van der Waals surface area (Å²) in [6, 6.07) is 7.97. The number of benzene rings is 1. The van der Waals surface area contributed by atoms with E-state index >= 15 is 0 Å². The van der Waals surface area contributed by atoms with Crippen LogP contribution in [-0.4, -0.2) is 41.2 Å². The molecule has 1 aromatic carbocycles. The fourth-order valence-corrected chi connectivity index (χ4v) is 2.38. The maximum Gasteiger partial charge on any atom is 0.361 e. The number of aromatic amines is 1. The molecule has 0 amide bonds. The van der Waals surface area contributed by atoms with Gasteiger partial charge in [-0.15, -0.1) is 5.10 Å². The van der Waals surface area contributed by atoms with E-state index in [1.54, 1.807) is 6.92 Å². The van der Waals surface area contributed by atoms with E-state index < -0.39 is 5.97 Å². The molecule has 1 saturated heterocycles. The molecule has 110 valence electrons. The molecule has 1 aliphatic rings. The van der Waals surface area contributed by atoms with Crippen LogP contribution in [0.15, 0.2) is 24.3 Å². The van der Waals surface area contributed by atoms with Gasteiger partial charge in [-0.3, -0.25) is 0 Å². The number of rotatable bonds is 4. The van der Waals surface area contributed by atoms with Crippen molar-refractivity contribution in [2.75, 3.05) is 19.8 Å². The van der Waals surface area contributed by atoms with E-state index in [0.717, 1.165) is 18.8 Å². The number of hydrogen-bond donors (Lipinski definition) is 1. The van der Waals surface area contributed by atoms with Crippen LogP contribution in [0.5, 0.6) is 0 Å². The molecule has 0 unspecified atom stereocenters. The highest BCUT2D eigenvalue weighted by Gasteiger charge is 2.35. The van der Waals surface area contributed by atoms with Crippen LogP contribution in [0.3, 0.4) is 0 Å². The Morgan fingerprint density at radius 2 is 2.05 bits per heavy atom. The molecule has 0 bridgehead atoms. The molecule has 2 aromatic rings. The van der Waals surface area contributed by atoms with E-state index in [4.69, 9.17) is 9.47 Å². The van der Waals surface area contributed by atoms with Crippen molar-refractivity contribution < 1.29 is 14.3 Å². The lowest BCUT2D eigenvalue weighted by atomic mass is 9.80. The van der Waals surface area contributed by atoms with Crippen molar-refractivity contribution in [3.8, 4) is 11.3 Å². The molecule has 6 heteroatoms. The Balaban J connectivity index is 1.88. The first-order valence-electron chi connectivity index (χ1n) is 6.90. The number of hydrogen-bond acceptors (Lipinski definition) is 5. The zero-order valence-electron chi connectivity index (χ0n) is 12.0. The van der Waals surface area contributed by atoms with E-state index in [1.807, 2.05) is 24.3 Å². The molecule has 6 nitrogen and oxygen atoms in total. The van der Waals surface area contributed by atoms with Crippen molar-refractivity contribution in [2.45, 2.75) is 19.3 Å². The summed E-state index contributed by atoms with van der Waals surface area (Å²) in [5.74, 6) is -0.468. The van der Waals surface area contributed by atoms with Crippen LogP contribution >= 0.6 is 0 Å². The van der Waals surface area contributed by atoms with Crippen molar-refractivity contribution >= 4 is 5.97 Å². The molecular weight excluding hydrogens is 270 g/mol. The van der Waals surface area contributed by atoms with Crippen molar-refractivity contribution in [1.82, 2.24) is 15.4 Å². The molecule has 0 atom stereocenters. The van der Waals surface area contributed by atoms with Gasteiger partial charge in [0.1, 0.15) is 5.69 Å². The van der Waals surface area contributed by atoms with Crippen molar-refractivity contribution in [3.05, 3.63) is 35.5 Å². The molecule has 0 aliphatic carbocycles. The van der Waals surface area contributed by atoms with Crippen molar-refractivity contribution in [2.24, 2.45) is 0 Å². The molecule has 0 saturated carbocycles. The molecule has 1 aromatic heterocycles. The zero-order valence-corrected chi connectivity index (χ0v) is 12.0. The summed E-state index contributed by atoms with van der Waals surface area (Å²) in [5, 5.41) is 10.4. The quantitative estimate of drug-likeness (QED) is 0.869. The van der Waals surface area contributed by atoms with Gasteiger partial charge < -0.3 is 9.47 Å². The van der Waals surface area contributed by atoms with Gasteiger partial charge in [-0.1, -0.05) is 31.2 Å². The van der Waals surface area contributed by atoms with E-state index in [2.05, 4.69) is 22.3 Å². The summed E-state index contributed by atoms with van der Waals surface area (Å²) in [6.45, 7) is 5.72. The summed E-state index contributed by atoms with van der Waals surface area (Å²) >= 11 is 0. The number of esters is 1. The van der Waals surface area contributed by atoms with Gasteiger partial charge >= 0.3 is 5.97 Å². The normalized spacial score (nSPS) is 16.3. The van der Waals surface area contributed by atoms with Gasteiger partial charge in [-0.25, -0.2) is 4.79 Å². The van der Waals surface area contributed by atoms with Gasteiger partial charge in [0.2, 0.25) is 0 Å². The SMILES string of the molecule is CCOC(=O)c1n[nH]nc1-c1ccc(C2(C)COC2)cc1. The Kier molecular flexibility index (Phi) is 3.47. The lowest BCUT2D eigenvalue weighted by Crippen LogP contribution is -2.43. The van der Waals surface area contributed by atoms with Crippen LogP contribution in [0.1, 0.15) is 29.9 Å². The highest BCUT2D eigenvalue weighted by molar-refractivity contribution is 5.93. The largest absolute Gasteiger partial charge is 0.461 e. The molecule has 21 heavy (non-hydrogen) atoms. The minimum absolute atomic E-state index is 0.0896. The second-order valence-electron chi connectivity index (χ2n) is 5.37. The second kappa shape index (κ2) is 5.29. The zero-order chi connectivity index (χ0) is 14.9. The highest BCUT2D eigenvalue weighted by atomic mass is 16.5. The molecule has 1 aliphatic heterocycles. The first-order chi connectivity index (χ1) is 10.1. The van der Waals surface area contributed by atoms with Crippen LogP contribution in [0, 0.1) is 0 Å².